The van der Waals surface area contributed by atoms with Crippen molar-refractivity contribution in [2.45, 2.75) is 17.1 Å². The number of sulfone groups is 1. The van der Waals surface area contributed by atoms with E-state index in [2.05, 4.69) is 4.72 Å². The molecule has 0 aliphatic heterocycles. The summed E-state index contributed by atoms with van der Waals surface area (Å²) >= 11 is 0. The summed E-state index contributed by atoms with van der Waals surface area (Å²) in [5, 5.41) is -2.30. The first-order valence-electron chi connectivity index (χ1n) is 9.38. The third-order valence-electron chi connectivity index (χ3n) is 5.09. The molecule has 1 N–H and O–H groups in total. The molecule has 0 amide bonds. The number of Topliss-reactive ketones (excluding diaryl/α,β-unsaturated/α-hetero) is 1. The van der Waals surface area contributed by atoms with Crippen LogP contribution in [-0.2, 0) is 38.8 Å². The third-order valence-corrected chi connectivity index (χ3v) is 10.7. The van der Waals surface area contributed by atoms with Gasteiger partial charge in [0.1, 0.15) is 4.91 Å². The number of carbonyl (C=O) groups is 1. The van der Waals surface area contributed by atoms with Gasteiger partial charge in [0.2, 0.25) is 25.6 Å². The number of hydrogen-bond acceptors (Lipinski definition) is 8. The Kier molecular flexibility index (Phi) is 6.63. The van der Waals surface area contributed by atoms with Crippen LogP contribution in [0.3, 0.4) is 0 Å². The van der Waals surface area contributed by atoms with Gasteiger partial charge in [-0.15, -0.1) is 0 Å². The van der Waals surface area contributed by atoms with Crippen LogP contribution in [0.2, 0.25) is 0 Å². The van der Waals surface area contributed by atoms with Gasteiger partial charge in [-0.1, -0.05) is 42.5 Å². The minimum Gasteiger partial charge on any atom is -0.310 e. The maximum Gasteiger partial charge on any atom is 0.359 e. The molecular formula is C20H22NO8PS2. The minimum absolute atomic E-state index is 0.0407. The van der Waals surface area contributed by atoms with Gasteiger partial charge in [-0.05, 0) is 25.1 Å². The molecule has 2 aromatic carbocycles. The van der Waals surface area contributed by atoms with Crippen molar-refractivity contribution < 1.29 is 35.2 Å². The Morgan fingerprint density at radius 3 is 2.06 bits per heavy atom. The van der Waals surface area contributed by atoms with E-state index in [1.165, 1.54) is 55.5 Å². The Hall–Kier alpha value is -2.14. The number of rotatable bonds is 8. The SMILES string of the molecule is CCS(=O)(=O)NC1(P(=O)(OC)OC)C=C(S(=O)(=O)c2ccccc2)C(=O)c2ccccc21. The van der Waals surface area contributed by atoms with Gasteiger partial charge >= 0.3 is 7.60 Å². The van der Waals surface area contributed by atoms with E-state index < -0.39 is 49.2 Å². The molecule has 0 saturated heterocycles. The average molecular weight is 500 g/mol. The Labute approximate surface area is 187 Å². The van der Waals surface area contributed by atoms with Crippen molar-refractivity contribution in [1.82, 2.24) is 4.72 Å². The molecule has 0 saturated carbocycles. The number of fused-ring (bicyclic) bond motifs is 1. The van der Waals surface area contributed by atoms with E-state index in [0.29, 0.717) is 0 Å². The molecule has 3 rings (SSSR count). The van der Waals surface area contributed by atoms with Crippen LogP contribution in [0, 0.1) is 0 Å². The minimum atomic E-state index is -4.44. The number of carbonyl (C=O) groups excluding carboxylic acids is 1. The maximum absolute atomic E-state index is 13.8. The molecule has 0 aromatic heterocycles. The zero-order valence-corrected chi connectivity index (χ0v) is 20.0. The molecule has 1 unspecified atom stereocenters. The molecule has 32 heavy (non-hydrogen) atoms. The van der Waals surface area contributed by atoms with Gasteiger partial charge in [0.25, 0.3) is 0 Å². The summed E-state index contributed by atoms with van der Waals surface area (Å²) in [6.45, 7) is 1.35. The Morgan fingerprint density at radius 1 is 0.938 bits per heavy atom. The summed E-state index contributed by atoms with van der Waals surface area (Å²) in [6.07, 6.45) is 0.834. The van der Waals surface area contributed by atoms with E-state index in [0.717, 1.165) is 20.3 Å². The van der Waals surface area contributed by atoms with E-state index >= 15 is 0 Å². The molecule has 0 bridgehead atoms. The molecule has 172 valence electrons. The highest BCUT2D eigenvalue weighted by atomic mass is 32.2. The molecule has 9 nitrogen and oxygen atoms in total. The lowest BCUT2D eigenvalue weighted by molar-refractivity contribution is 0.103. The third kappa shape index (κ3) is 3.89. The lowest BCUT2D eigenvalue weighted by Gasteiger charge is -2.39. The molecular weight excluding hydrogens is 477 g/mol. The lowest BCUT2D eigenvalue weighted by atomic mass is 9.92. The van der Waals surface area contributed by atoms with Gasteiger partial charge in [-0.2, -0.15) is 4.72 Å². The Balaban J connectivity index is 2.47. The molecule has 2 aromatic rings. The number of hydrogen-bond donors (Lipinski definition) is 1. The number of sulfonamides is 1. The van der Waals surface area contributed by atoms with Crippen molar-refractivity contribution in [1.29, 1.82) is 0 Å². The lowest BCUT2D eigenvalue weighted by Crippen LogP contribution is -2.48. The first kappa shape index (κ1) is 24.5. The fourth-order valence-corrected chi connectivity index (χ4v) is 8.14. The van der Waals surface area contributed by atoms with Gasteiger partial charge in [0.15, 0.2) is 5.28 Å². The van der Waals surface area contributed by atoms with E-state index in [4.69, 9.17) is 9.05 Å². The number of allylic oxidation sites excluding steroid dienone is 1. The van der Waals surface area contributed by atoms with Crippen molar-refractivity contribution in [2.24, 2.45) is 0 Å². The number of benzene rings is 2. The predicted octanol–water partition coefficient (Wildman–Crippen LogP) is 2.82. The van der Waals surface area contributed by atoms with Crippen molar-refractivity contribution in [3.63, 3.8) is 0 Å². The molecule has 0 spiro atoms. The summed E-state index contributed by atoms with van der Waals surface area (Å²) in [4.78, 5) is 12.3. The zero-order chi connectivity index (χ0) is 23.8. The normalized spacial score (nSPS) is 19.3. The van der Waals surface area contributed by atoms with Crippen molar-refractivity contribution in [3.8, 4) is 0 Å². The highest BCUT2D eigenvalue weighted by Gasteiger charge is 2.57. The zero-order valence-electron chi connectivity index (χ0n) is 17.5. The fourth-order valence-electron chi connectivity index (χ4n) is 3.44. The topological polar surface area (TPSA) is 133 Å². The van der Waals surface area contributed by atoms with E-state index in [-0.39, 0.29) is 16.0 Å². The largest absolute Gasteiger partial charge is 0.359 e. The van der Waals surface area contributed by atoms with Gasteiger partial charge in [0.05, 0.1) is 10.6 Å². The summed E-state index contributed by atoms with van der Waals surface area (Å²) in [6, 6.07) is 12.9. The van der Waals surface area contributed by atoms with Gasteiger partial charge in [-0.3, -0.25) is 9.36 Å². The first-order chi connectivity index (χ1) is 15.0. The van der Waals surface area contributed by atoms with Crippen LogP contribution in [0.25, 0.3) is 0 Å². The first-order valence-corrected chi connectivity index (χ1v) is 14.1. The van der Waals surface area contributed by atoms with Crippen molar-refractivity contribution in [3.05, 3.63) is 76.7 Å². The molecule has 0 heterocycles. The van der Waals surface area contributed by atoms with E-state index in [1.54, 1.807) is 6.07 Å². The summed E-state index contributed by atoms with van der Waals surface area (Å²) < 4.78 is 78.5. The molecule has 1 aliphatic rings. The van der Waals surface area contributed by atoms with Crippen LogP contribution in [-0.4, -0.2) is 42.6 Å². The van der Waals surface area contributed by atoms with Crippen LogP contribution < -0.4 is 4.72 Å². The van der Waals surface area contributed by atoms with Crippen LogP contribution in [0.1, 0.15) is 22.8 Å². The summed E-state index contributed by atoms with van der Waals surface area (Å²) in [7, 11) is -10.9. The Morgan fingerprint density at radius 2 is 1.50 bits per heavy atom. The van der Waals surface area contributed by atoms with Gasteiger partial charge in [0, 0.05) is 25.3 Å². The standard InChI is InChI=1S/C20H22NO8PS2/c1-4-31(24,25)21-20(30(23,28-2)29-3)14-18(19(22)16-12-8-9-13-17(16)20)32(26,27)15-10-6-5-7-11-15/h5-14,21H,4H2,1-3H3. The van der Waals surface area contributed by atoms with E-state index in [1.807, 2.05) is 0 Å². The van der Waals surface area contributed by atoms with Gasteiger partial charge < -0.3 is 9.05 Å². The van der Waals surface area contributed by atoms with Crippen LogP contribution in [0.4, 0.5) is 0 Å². The van der Waals surface area contributed by atoms with Crippen LogP contribution in [0.15, 0.2) is 70.5 Å². The highest BCUT2D eigenvalue weighted by molar-refractivity contribution is 7.96. The smallest absolute Gasteiger partial charge is 0.310 e. The monoisotopic (exact) mass is 499 g/mol. The Bertz CT molecular complexity index is 1330. The second kappa shape index (κ2) is 8.66. The molecule has 1 aliphatic carbocycles. The van der Waals surface area contributed by atoms with E-state index in [9.17, 15) is 26.2 Å². The summed E-state index contributed by atoms with van der Waals surface area (Å²) in [5.74, 6) is -1.28. The second-order valence-electron chi connectivity index (χ2n) is 6.83. The molecule has 1 atom stereocenters. The predicted molar refractivity (Wildman–Crippen MR) is 118 cm³/mol. The van der Waals surface area contributed by atoms with Crippen LogP contribution >= 0.6 is 7.60 Å². The maximum atomic E-state index is 13.8. The van der Waals surface area contributed by atoms with Crippen LogP contribution in [0.5, 0.6) is 0 Å². The van der Waals surface area contributed by atoms with Gasteiger partial charge in [-0.25, -0.2) is 16.8 Å². The molecule has 0 radical (unpaired) electrons. The number of nitrogens with one attached hydrogen (secondary N) is 1. The second-order valence-corrected chi connectivity index (χ2v) is 13.2. The van der Waals surface area contributed by atoms with Crippen molar-refractivity contribution >= 4 is 33.2 Å². The molecule has 0 fully saturated rings. The van der Waals surface area contributed by atoms with Crippen molar-refractivity contribution in [2.75, 3.05) is 20.0 Å². The molecule has 12 heteroatoms. The summed E-state index contributed by atoms with van der Waals surface area (Å²) in [5.41, 5.74) is -0.182. The quantitative estimate of drug-likeness (QED) is 0.548. The number of ketones is 1. The average Bonchev–Trinajstić information content (AvgIpc) is 2.80. The fraction of sp³-hybridized carbons (Fsp3) is 0.250. The highest BCUT2D eigenvalue weighted by Crippen LogP contribution is 2.65.